The molecular weight excluding hydrogens is 422 g/mol. The Balaban J connectivity index is 1.48. The van der Waals surface area contributed by atoms with Gasteiger partial charge in [0.05, 0.1) is 19.0 Å². The molecule has 2 heterocycles. The number of benzene rings is 2. The van der Waals surface area contributed by atoms with Crippen LogP contribution in [-0.4, -0.2) is 45.0 Å². The van der Waals surface area contributed by atoms with Gasteiger partial charge in [-0.1, -0.05) is 11.2 Å². The molecule has 0 radical (unpaired) electrons. The van der Waals surface area contributed by atoms with Crippen molar-refractivity contribution in [2.45, 2.75) is 12.8 Å². The lowest BCUT2D eigenvalue weighted by Crippen LogP contribution is -2.12. The number of carbonyl (C=O) groups is 1. The lowest BCUT2D eigenvalue weighted by atomic mass is 10.1. The van der Waals surface area contributed by atoms with Crippen LogP contribution in [0, 0.1) is 0 Å². The average Bonchev–Trinajstić information content (AvgIpc) is 3.44. The third-order valence-corrected chi connectivity index (χ3v) is 5.57. The summed E-state index contributed by atoms with van der Waals surface area (Å²) in [6.07, 6.45) is 6.83. The second kappa shape index (κ2) is 8.62. The van der Waals surface area contributed by atoms with Crippen LogP contribution in [0.1, 0.15) is 17.5 Å². The zero-order valence-corrected chi connectivity index (χ0v) is 17.9. The number of aryl methyl sites for hydroxylation is 1. The second-order valence-electron chi connectivity index (χ2n) is 7.55. The summed E-state index contributed by atoms with van der Waals surface area (Å²) in [6, 6.07) is 13.4. The van der Waals surface area contributed by atoms with Gasteiger partial charge in [-0.25, -0.2) is 9.78 Å². The largest absolute Gasteiger partial charge is 0.482 e. The monoisotopic (exact) mass is 443 g/mol. The smallest absolute Gasteiger partial charge is 0.343 e. The lowest BCUT2D eigenvalue weighted by Gasteiger charge is -2.11. The maximum atomic E-state index is 11.3. The Morgan fingerprint density at radius 1 is 1.21 bits per heavy atom. The number of hydrogen-bond acceptors (Lipinski definition) is 8. The summed E-state index contributed by atoms with van der Waals surface area (Å²) in [5.74, 6) is 0.916. The maximum Gasteiger partial charge on any atom is 0.343 e. The first-order chi connectivity index (χ1) is 16.2. The molecule has 9 nitrogen and oxygen atoms in total. The number of carbonyl (C=O) groups excluding carboxylic acids is 1. The van der Waals surface area contributed by atoms with E-state index in [2.05, 4.69) is 26.3 Å². The van der Waals surface area contributed by atoms with E-state index in [0.717, 1.165) is 46.7 Å². The van der Waals surface area contributed by atoms with Gasteiger partial charge >= 0.3 is 5.97 Å². The highest BCUT2D eigenvalue weighted by Gasteiger charge is 2.20. The molecule has 0 fully saturated rings. The van der Waals surface area contributed by atoms with E-state index in [1.54, 1.807) is 24.5 Å². The number of aromatic nitrogens is 3. The molecule has 0 unspecified atom stereocenters. The minimum Gasteiger partial charge on any atom is -0.482 e. The molecule has 2 aromatic heterocycles. The van der Waals surface area contributed by atoms with E-state index in [0.29, 0.717) is 17.1 Å². The van der Waals surface area contributed by atoms with Gasteiger partial charge in [-0.05, 0) is 54.8 Å². The summed E-state index contributed by atoms with van der Waals surface area (Å²) in [7, 11) is 1.32. The van der Waals surface area contributed by atoms with Gasteiger partial charge in [-0.3, -0.25) is 9.38 Å². The molecule has 1 aliphatic carbocycles. The van der Waals surface area contributed by atoms with Crippen molar-refractivity contribution in [3.8, 4) is 17.0 Å². The van der Waals surface area contributed by atoms with Crippen molar-refractivity contribution in [1.82, 2.24) is 14.4 Å². The van der Waals surface area contributed by atoms with Gasteiger partial charge in [0.15, 0.2) is 12.3 Å². The fourth-order valence-electron chi connectivity index (χ4n) is 3.93. The van der Waals surface area contributed by atoms with E-state index in [-0.39, 0.29) is 6.61 Å². The molecule has 33 heavy (non-hydrogen) atoms. The van der Waals surface area contributed by atoms with Crippen LogP contribution in [0.5, 0.6) is 5.75 Å². The normalized spacial score (nSPS) is 13.8. The van der Waals surface area contributed by atoms with E-state index in [1.807, 2.05) is 34.9 Å². The molecule has 1 aliphatic rings. The third-order valence-electron chi connectivity index (χ3n) is 5.57. The van der Waals surface area contributed by atoms with Crippen molar-refractivity contribution in [1.29, 1.82) is 0 Å². The Bertz CT molecular complexity index is 1360. The van der Waals surface area contributed by atoms with Gasteiger partial charge in [0, 0.05) is 29.2 Å². The molecule has 0 amide bonds. The number of rotatable bonds is 6. The van der Waals surface area contributed by atoms with Gasteiger partial charge in [0.2, 0.25) is 0 Å². The predicted molar refractivity (Wildman–Crippen MR) is 122 cm³/mol. The Hall–Kier alpha value is -4.40. The molecular formula is C24H21N5O4. The van der Waals surface area contributed by atoms with Crippen molar-refractivity contribution in [3.63, 3.8) is 0 Å². The number of nitrogens with one attached hydrogen (secondary N) is 1. The molecule has 2 N–H and O–H groups in total. The van der Waals surface area contributed by atoms with E-state index in [1.165, 1.54) is 7.11 Å². The van der Waals surface area contributed by atoms with Crippen LogP contribution in [0.4, 0.5) is 11.5 Å². The number of methoxy groups -OCH3 is 1. The minimum atomic E-state index is -0.440. The van der Waals surface area contributed by atoms with E-state index in [9.17, 15) is 10.0 Å². The first-order valence-corrected chi connectivity index (χ1v) is 10.4. The highest BCUT2D eigenvalue weighted by atomic mass is 16.6. The molecule has 0 spiro atoms. The number of fused-ring (bicyclic) bond motifs is 2. The Morgan fingerprint density at radius 3 is 2.85 bits per heavy atom. The third kappa shape index (κ3) is 3.96. The minimum absolute atomic E-state index is 0.149. The molecule has 0 saturated heterocycles. The maximum absolute atomic E-state index is 11.3. The first kappa shape index (κ1) is 20.5. The number of imidazole rings is 1. The number of hydrogen-bond donors (Lipinski definition) is 2. The summed E-state index contributed by atoms with van der Waals surface area (Å²) in [5.41, 5.74) is 6.07. The number of oxime groups is 1. The summed E-state index contributed by atoms with van der Waals surface area (Å²) in [4.78, 5) is 20.3. The van der Waals surface area contributed by atoms with Gasteiger partial charge in [-0.2, -0.15) is 0 Å². The number of esters is 1. The zero-order valence-electron chi connectivity index (χ0n) is 17.9. The van der Waals surface area contributed by atoms with Gasteiger partial charge in [-0.15, -0.1) is 0 Å². The van der Waals surface area contributed by atoms with Crippen LogP contribution in [0.2, 0.25) is 0 Å². The summed E-state index contributed by atoms with van der Waals surface area (Å²) < 4.78 is 12.0. The molecule has 166 valence electrons. The highest BCUT2D eigenvalue weighted by Crippen LogP contribution is 2.33. The van der Waals surface area contributed by atoms with E-state index < -0.39 is 5.97 Å². The van der Waals surface area contributed by atoms with Gasteiger partial charge in [0.25, 0.3) is 0 Å². The van der Waals surface area contributed by atoms with E-state index in [4.69, 9.17) is 9.72 Å². The molecule has 5 rings (SSSR count). The van der Waals surface area contributed by atoms with Crippen LogP contribution in [0.15, 0.2) is 66.2 Å². The topological polar surface area (TPSA) is 110 Å². The van der Waals surface area contributed by atoms with Crippen LogP contribution < -0.4 is 10.1 Å². The van der Waals surface area contributed by atoms with Crippen molar-refractivity contribution in [2.24, 2.45) is 5.16 Å². The average molecular weight is 443 g/mol. The highest BCUT2D eigenvalue weighted by molar-refractivity contribution is 6.04. The zero-order chi connectivity index (χ0) is 22.8. The Kier molecular flexibility index (Phi) is 5.35. The number of nitrogens with zero attached hydrogens (tertiary/aromatic N) is 4. The predicted octanol–water partition coefficient (Wildman–Crippen LogP) is 3.82. The lowest BCUT2D eigenvalue weighted by molar-refractivity contribution is -0.142. The van der Waals surface area contributed by atoms with Gasteiger partial charge < -0.3 is 20.0 Å². The quantitative estimate of drug-likeness (QED) is 0.265. The fraction of sp³-hybridized carbons (Fsp3) is 0.167. The molecule has 4 aromatic rings. The molecule has 0 atom stereocenters. The number of ether oxygens (including phenoxy) is 2. The van der Waals surface area contributed by atoms with Crippen molar-refractivity contribution in [2.75, 3.05) is 19.0 Å². The van der Waals surface area contributed by atoms with Crippen molar-refractivity contribution < 1.29 is 19.5 Å². The van der Waals surface area contributed by atoms with Crippen LogP contribution in [-0.2, 0) is 16.0 Å². The summed E-state index contributed by atoms with van der Waals surface area (Å²) >= 11 is 0. The van der Waals surface area contributed by atoms with Crippen LogP contribution >= 0.6 is 0 Å². The Labute approximate surface area is 189 Å². The number of anilines is 2. The fourth-order valence-corrected chi connectivity index (χ4v) is 3.93. The van der Waals surface area contributed by atoms with E-state index >= 15 is 0 Å². The second-order valence-corrected chi connectivity index (χ2v) is 7.55. The SMILES string of the molecule is COC(=O)COc1ccc(-c2nc3cnccn3c2Nc2ccc3c(c2)CCC3=NO)cc1. The summed E-state index contributed by atoms with van der Waals surface area (Å²) in [5, 5.41) is 16.1. The molecule has 2 aromatic carbocycles. The molecule has 9 heteroatoms. The van der Waals surface area contributed by atoms with Crippen LogP contribution in [0.3, 0.4) is 0 Å². The van der Waals surface area contributed by atoms with Gasteiger partial charge in [0.1, 0.15) is 17.3 Å². The van der Waals surface area contributed by atoms with Crippen LogP contribution in [0.25, 0.3) is 16.9 Å². The van der Waals surface area contributed by atoms with Crippen molar-refractivity contribution in [3.05, 3.63) is 72.2 Å². The summed E-state index contributed by atoms with van der Waals surface area (Å²) in [6.45, 7) is -0.149. The Morgan fingerprint density at radius 2 is 2.06 bits per heavy atom. The van der Waals surface area contributed by atoms with Crippen molar-refractivity contribution >= 4 is 28.8 Å². The molecule has 0 aliphatic heterocycles. The molecule has 0 saturated carbocycles. The standard InChI is InChI=1S/C24H21N5O4/c1-32-22(30)14-33-18-6-2-15(3-7-18)23-24(29-11-10-25-13-21(29)27-23)26-17-5-8-19-16(12-17)4-9-20(19)28-31/h2-3,5-8,10-13,26,31H,4,9,14H2,1H3. The first-order valence-electron chi connectivity index (χ1n) is 10.4. The molecule has 0 bridgehead atoms.